The molecule has 4 rings (SSSR count). The van der Waals surface area contributed by atoms with Crippen LogP contribution in [-0.4, -0.2) is 46.9 Å². The number of phenols is 1. The molecule has 1 aliphatic rings. The summed E-state index contributed by atoms with van der Waals surface area (Å²) in [6.07, 6.45) is 4.60. The van der Waals surface area contributed by atoms with E-state index >= 15 is 0 Å². The van der Waals surface area contributed by atoms with Crippen molar-refractivity contribution in [1.29, 1.82) is 0 Å². The van der Waals surface area contributed by atoms with Crippen LogP contribution in [0.1, 0.15) is 68.6 Å². The van der Waals surface area contributed by atoms with E-state index in [2.05, 4.69) is 20.8 Å². The molecule has 1 aromatic carbocycles. The summed E-state index contributed by atoms with van der Waals surface area (Å²) >= 11 is 1.48. The first-order valence-corrected chi connectivity index (χ1v) is 12.9. The fourth-order valence-electron chi connectivity index (χ4n) is 4.40. The number of aromatic amines is 1. The fourth-order valence-corrected chi connectivity index (χ4v) is 5.69. The number of hydrogen-bond donors (Lipinski definition) is 4. The number of fused-ring (bicyclic) bond motifs is 1. The first-order chi connectivity index (χ1) is 16.9. The normalized spacial score (nSPS) is 12.9. The Hall–Kier alpha value is -3.17. The van der Waals surface area contributed by atoms with E-state index in [1.54, 1.807) is 6.07 Å². The summed E-state index contributed by atoms with van der Waals surface area (Å²) in [7, 11) is 0. The number of thiophene rings is 1. The highest BCUT2D eigenvalue weighted by Crippen LogP contribution is 2.38. The molecule has 0 spiro atoms. The molecular formula is C26H32N4O4S. The fraction of sp³-hybridized carbons (Fsp3) is 0.423. The van der Waals surface area contributed by atoms with Gasteiger partial charge in [-0.15, -0.1) is 11.3 Å². The van der Waals surface area contributed by atoms with Crippen molar-refractivity contribution >= 4 is 28.2 Å². The van der Waals surface area contributed by atoms with Crippen molar-refractivity contribution < 1.29 is 19.4 Å². The van der Waals surface area contributed by atoms with Gasteiger partial charge in [-0.1, -0.05) is 6.07 Å². The zero-order valence-electron chi connectivity index (χ0n) is 20.4. The number of H-pyrrole nitrogens is 1. The first-order valence-electron chi connectivity index (χ1n) is 12.1. The van der Waals surface area contributed by atoms with Crippen LogP contribution >= 0.6 is 11.3 Å². The number of ether oxygens (including phenoxy) is 1. The van der Waals surface area contributed by atoms with E-state index in [0.29, 0.717) is 41.6 Å². The number of anilines is 1. The van der Waals surface area contributed by atoms with Crippen LogP contribution < -0.4 is 10.6 Å². The lowest BCUT2D eigenvalue weighted by Crippen LogP contribution is -2.27. The van der Waals surface area contributed by atoms with Gasteiger partial charge in [-0.3, -0.25) is 14.7 Å². The number of carbonyl (C=O) groups is 2. The monoisotopic (exact) mass is 496 g/mol. The maximum atomic E-state index is 13.1. The number of aromatic nitrogens is 2. The van der Waals surface area contributed by atoms with Crippen molar-refractivity contribution in [2.24, 2.45) is 0 Å². The molecule has 2 amide bonds. The lowest BCUT2D eigenvalue weighted by molar-refractivity contribution is 0.0944. The molecule has 3 aromatic rings. The molecule has 4 N–H and O–H groups in total. The van der Waals surface area contributed by atoms with Gasteiger partial charge in [-0.2, -0.15) is 5.10 Å². The van der Waals surface area contributed by atoms with E-state index in [-0.39, 0.29) is 23.3 Å². The Labute approximate surface area is 209 Å². The van der Waals surface area contributed by atoms with Crippen molar-refractivity contribution in [1.82, 2.24) is 15.5 Å². The Morgan fingerprint density at radius 1 is 1.17 bits per heavy atom. The van der Waals surface area contributed by atoms with E-state index < -0.39 is 0 Å². The minimum atomic E-state index is -0.378. The molecule has 9 heteroatoms. The Morgan fingerprint density at radius 3 is 2.77 bits per heavy atom. The molecule has 0 unspecified atom stereocenters. The summed E-state index contributed by atoms with van der Waals surface area (Å²) in [4.78, 5) is 27.4. The number of aryl methyl sites for hydroxylation is 3. The van der Waals surface area contributed by atoms with Gasteiger partial charge in [0.2, 0.25) is 0 Å². The van der Waals surface area contributed by atoms with Crippen molar-refractivity contribution in [2.45, 2.75) is 52.9 Å². The summed E-state index contributed by atoms with van der Waals surface area (Å²) < 4.78 is 5.34. The van der Waals surface area contributed by atoms with Crippen LogP contribution in [0.15, 0.2) is 18.2 Å². The van der Waals surface area contributed by atoms with E-state index in [1.807, 2.05) is 32.9 Å². The van der Waals surface area contributed by atoms with Crippen LogP contribution in [0.2, 0.25) is 0 Å². The highest BCUT2D eigenvalue weighted by molar-refractivity contribution is 7.17. The van der Waals surface area contributed by atoms with Crippen LogP contribution in [0.3, 0.4) is 0 Å². The van der Waals surface area contributed by atoms with Gasteiger partial charge in [0.25, 0.3) is 11.8 Å². The summed E-state index contributed by atoms with van der Waals surface area (Å²) in [5.41, 5.74) is 4.66. The van der Waals surface area contributed by atoms with Gasteiger partial charge in [-0.25, -0.2) is 0 Å². The molecule has 0 saturated heterocycles. The molecule has 35 heavy (non-hydrogen) atoms. The van der Waals surface area contributed by atoms with Crippen LogP contribution in [0.25, 0.3) is 11.3 Å². The molecule has 1 aliphatic carbocycles. The quantitative estimate of drug-likeness (QED) is 0.319. The zero-order valence-corrected chi connectivity index (χ0v) is 21.2. The minimum Gasteiger partial charge on any atom is -0.507 e. The third-order valence-electron chi connectivity index (χ3n) is 6.12. The number of aromatic hydroxyl groups is 1. The van der Waals surface area contributed by atoms with Gasteiger partial charge >= 0.3 is 0 Å². The van der Waals surface area contributed by atoms with Gasteiger partial charge in [0.1, 0.15) is 16.4 Å². The molecule has 0 atom stereocenters. The number of benzene rings is 1. The smallest absolute Gasteiger partial charge is 0.274 e. The van der Waals surface area contributed by atoms with Crippen molar-refractivity contribution in [3.05, 3.63) is 51.0 Å². The standard InChI is InChI=1S/C26H32N4O4S/c1-4-34-11-7-10-27-25(33)22-17-8-5-6-9-21(17)35-26(22)28-24(32)20-14-19(29-30-20)18-13-15(2)12-16(3)23(18)31/h12-14,31H,4-11H2,1-3H3,(H,27,33)(H,28,32)(H,29,30). The van der Waals surface area contributed by atoms with E-state index in [1.165, 1.54) is 11.3 Å². The highest BCUT2D eigenvalue weighted by atomic mass is 32.1. The van der Waals surface area contributed by atoms with Gasteiger partial charge in [-0.05, 0) is 81.7 Å². The molecule has 0 saturated carbocycles. The van der Waals surface area contributed by atoms with Crippen molar-refractivity contribution in [2.75, 3.05) is 25.1 Å². The van der Waals surface area contributed by atoms with Gasteiger partial charge in [0.15, 0.2) is 0 Å². The predicted molar refractivity (Wildman–Crippen MR) is 138 cm³/mol. The van der Waals surface area contributed by atoms with E-state index in [4.69, 9.17) is 4.74 Å². The number of rotatable bonds is 9. The van der Waals surface area contributed by atoms with Crippen LogP contribution in [0.5, 0.6) is 5.75 Å². The summed E-state index contributed by atoms with van der Waals surface area (Å²) in [6, 6.07) is 5.34. The number of nitrogens with one attached hydrogen (secondary N) is 3. The number of amides is 2. The van der Waals surface area contributed by atoms with E-state index in [9.17, 15) is 14.7 Å². The molecule has 0 aliphatic heterocycles. The maximum Gasteiger partial charge on any atom is 0.274 e. The van der Waals surface area contributed by atoms with Gasteiger partial charge < -0.3 is 20.5 Å². The Balaban J connectivity index is 1.54. The molecule has 0 bridgehead atoms. The molecule has 2 heterocycles. The summed E-state index contributed by atoms with van der Waals surface area (Å²) in [6.45, 7) is 7.48. The maximum absolute atomic E-state index is 13.1. The highest BCUT2D eigenvalue weighted by Gasteiger charge is 2.27. The molecule has 186 valence electrons. The lowest BCUT2D eigenvalue weighted by atomic mass is 9.95. The predicted octanol–water partition coefficient (Wildman–Crippen LogP) is 4.75. The van der Waals surface area contributed by atoms with Crippen LogP contribution in [0, 0.1) is 13.8 Å². The summed E-state index contributed by atoms with van der Waals surface area (Å²) in [5, 5.41) is 24.0. The Kier molecular flexibility index (Phi) is 7.87. The second-order valence-corrected chi connectivity index (χ2v) is 9.93. The third-order valence-corrected chi connectivity index (χ3v) is 7.33. The molecular weight excluding hydrogens is 464 g/mol. The second-order valence-electron chi connectivity index (χ2n) is 8.82. The number of phenolic OH excluding ortho intramolecular Hbond substituents is 1. The average Bonchev–Trinajstić information content (AvgIpc) is 3.46. The molecule has 0 fully saturated rings. The minimum absolute atomic E-state index is 0.142. The molecule has 0 radical (unpaired) electrons. The topological polar surface area (TPSA) is 116 Å². The third kappa shape index (κ3) is 5.57. The lowest BCUT2D eigenvalue weighted by Gasteiger charge is -2.13. The SMILES string of the molecule is CCOCCCNC(=O)c1c(NC(=O)c2cc(-c3cc(C)cc(C)c3O)n[nH]2)sc2c1CCCC2. The average molecular weight is 497 g/mol. The van der Waals surface area contributed by atoms with Crippen molar-refractivity contribution in [3.8, 4) is 17.0 Å². The van der Waals surface area contributed by atoms with E-state index in [0.717, 1.165) is 53.7 Å². The first kappa shape index (κ1) is 24.9. The zero-order chi connectivity index (χ0) is 24.9. The van der Waals surface area contributed by atoms with Gasteiger partial charge in [0, 0.05) is 30.2 Å². The molecule has 2 aromatic heterocycles. The Morgan fingerprint density at radius 2 is 1.97 bits per heavy atom. The number of carbonyl (C=O) groups excluding carboxylic acids is 2. The number of hydrogen-bond acceptors (Lipinski definition) is 6. The second kappa shape index (κ2) is 11.0. The largest absolute Gasteiger partial charge is 0.507 e. The number of nitrogens with zero attached hydrogens (tertiary/aromatic N) is 1. The Bertz CT molecular complexity index is 1230. The van der Waals surface area contributed by atoms with Crippen LogP contribution in [-0.2, 0) is 17.6 Å². The van der Waals surface area contributed by atoms with Gasteiger partial charge in [0.05, 0.1) is 11.3 Å². The summed E-state index contributed by atoms with van der Waals surface area (Å²) in [5.74, 6) is -0.401. The van der Waals surface area contributed by atoms with Crippen molar-refractivity contribution in [3.63, 3.8) is 0 Å². The molecule has 8 nitrogen and oxygen atoms in total. The van der Waals surface area contributed by atoms with Crippen LogP contribution in [0.4, 0.5) is 5.00 Å².